The molecular weight excluding hydrogens is 260 g/mol. The van der Waals surface area contributed by atoms with Crippen molar-refractivity contribution in [2.24, 2.45) is 0 Å². The van der Waals surface area contributed by atoms with E-state index < -0.39 is 0 Å². The molecule has 1 aliphatic heterocycles. The van der Waals surface area contributed by atoms with Gasteiger partial charge in [0.1, 0.15) is 0 Å². The summed E-state index contributed by atoms with van der Waals surface area (Å²) >= 11 is 0. The minimum Gasteiger partial charge on any atom is -0.311 e. The molecule has 1 saturated carbocycles. The first-order chi connectivity index (χ1) is 10.4. The zero-order valence-electron chi connectivity index (χ0n) is 13.3. The zero-order valence-corrected chi connectivity index (χ0v) is 13.3. The molecule has 1 aromatic heterocycles. The first kappa shape index (κ1) is 15.0. The Morgan fingerprint density at radius 2 is 1.90 bits per heavy atom. The van der Waals surface area contributed by atoms with Crippen LogP contribution < -0.4 is 5.32 Å². The van der Waals surface area contributed by atoms with Crippen LogP contribution in [0.4, 0.5) is 0 Å². The van der Waals surface area contributed by atoms with E-state index in [4.69, 9.17) is 5.10 Å². The lowest BCUT2D eigenvalue weighted by Crippen LogP contribution is -2.24. The molecule has 0 bridgehead atoms. The second-order valence-corrected chi connectivity index (χ2v) is 6.66. The quantitative estimate of drug-likeness (QED) is 0.784. The molecule has 2 fully saturated rings. The SMILES string of the molecule is c1cn(C2CCCCC2)nc1CNCCCN1CCCC1. The number of likely N-dealkylation sites (tertiary alicyclic amines) is 1. The van der Waals surface area contributed by atoms with Crippen LogP contribution in [0.25, 0.3) is 0 Å². The fourth-order valence-electron chi connectivity index (χ4n) is 3.67. The van der Waals surface area contributed by atoms with E-state index in [2.05, 4.69) is 27.2 Å². The third-order valence-corrected chi connectivity index (χ3v) is 4.95. The summed E-state index contributed by atoms with van der Waals surface area (Å²) in [5.74, 6) is 0. The van der Waals surface area contributed by atoms with E-state index in [1.54, 1.807) is 0 Å². The lowest BCUT2D eigenvalue weighted by Gasteiger charge is -2.21. The van der Waals surface area contributed by atoms with Gasteiger partial charge in [-0.2, -0.15) is 5.10 Å². The maximum absolute atomic E-state index is 4.75. The summed E-state index contributed by atoms with van der Waals surface area (Å²) in [6, 6.07) is 2.84. The highest BCUT2D eigenvalue weighted by molar-refractivity contribution is 4.99. The third kappa shape index (κ3) is 4.55. The highest BCUT2D eigenvalue weighted by atomic mass is 15.3. The molecule has 1 saturated heterocycles. The highest BCUT2D eigenvalue weighted by Crippen LogP contribution is 2.27. The van der Waals surface area contributed by atoms with Crippen molar-refractivity contribution in [1.29, 1.82) is 0 Å². The average Bonchev–Trinajstić information content (AvgIpc) is 3.19. The van der Waals surface area contributed by atoms with Crippen molar-refractivity contribution in [2.75, 3.05) is 26.2 Å². The van der Waals surface area contributed by atoms with Gasteiger partial charge in [0, 0.05) is 12.7 Å². The van der Waals surface area contributed by atoms with Crippen molar-refractivity contribution >= 4 is 0 Å². The van der Waals surface area contributed by atoms with Crippen LogP contribution in [0.1, 0.15) is 63.1 Å². The average molecular weight is 290 g/mol. The molecule has 0 spiro atoms. The minimum absolute atomic E-state index is 0.655. The van der Waals surface area contributed by atoms with Gasteiger partial charge in [-0.25, -0.2) is 0 Å². The van der Waals surface area contributed by atoms with Crippen LogP contribution in [-0.2, 0) is 6.54 Å². The Morgan fingerprint density at radius 3 is 2.71 bits per heavy atom. The highest BCUT2D eigenvalue weighted by Gasteiger charge is 2.15. The maximum Gasteiger partial charge on any atom is 0.0762 e. The second-order valence-electron chi connectivity index (χ2n) is 6.66. The molecular formula is C17H30N4. The van der Waals surface area contributed by atoms with Crippen LogP contribution in [0.3, 0.4) is 0 Å². The lowest BCUT2D eigenvalue weighted by atomic mass is 9.96. The van der Waals surface area contributed by atoms with Gasteiger partial charge in [0.15, 0.2) is 0 Å². The predicted molar refractivity (Wildman–Crippen MR) is 86.3 cm³/mol. The van der Waals surface area contributed by atoms with Gasteiger partial charge in [-0.1, -0.05) is 19.3 Å². The van der Waals surface area contributed by atoms with Crippen LogP contribution >= 0.6 is 0 Å². The van der Waals surface area contributed by atoms with Gasteiger partial charge in [-0.05, 0) is 64.3 Å². The Balaban J connectivity index is 1.32. The first-order valence-corrected chi connectivity index (χ1v) is 8.89. The molecule has 1 N–H and O–H groups in total. The van der Waals surface area contributed by atoms with E-state index in [-0.39, 0.29) is 0 Å². The van der Waals surface area contributed by atoms with E-state index in [0.717, 1.165) is 13.1 Å². The normalized spacial score (nSPS) is 21.1. The molecule has 2 heterocycles. The molecule has 4 nitrogen and oxygen atoms in total. The van der Waals surface area contributed by atoms with E-state index >= 15 is 0 Å². The summed E-state index contributed by atoms with van der Waals surface area (Å²) in [5, 5.41) is 8.29. The molecule has 118 valence electrons. The van der Waals surface area contributed by atoms with E-state index in [1.165, 1.54) is 76.7 Å². The Kier molecular flexibility index (Phi) is 5.69. The van der Waals surface area contributed by atoms with Gasteiger partial charge in [0.25, 0.3) is 0 Å². The summed E-state index contributed by atoms with van der Waals surface area (Å²) in [5.41, 5.74) is 1.20. The summed E-state index contributed by atoms with van der Waals surface area (Å²) in [4.78, 5) is 2.58. The van der Waals surface area contributed by atoms with Crippen LogP contribution in [0.5, 0.6) is 0 Å². The number of aromatic nitrogens is 2. The fraction of sp³-hybridized carbons (Fsp3) is 0.824. The number of nitrogens with zero attached hydrogens (tertiary/aromatic N) is 3. The minimum atomic E-state index is 0.655. The summed E-state index contributed by atoms with van der Waals surface area (Å²) < 4.78 is 2.21. The molecule has 3 rings (SSSR count). The summed E-state index contributed by atoms with van der Waals surface area (Å²) in [6.45, 7) is 5.90. The third-order valence-electron chi connectivity index (χ3n) is 4.95. The van der Waals surface area contributed by atoms with Gasteiger partial charge in [0.2, 0.25) is 0 Å². The van der Waals surface area contributed by atoms with Crippen molar-refractivity contribution in [3.63, 3.8) is 0 Å². The molecule has 1 aromatic rings. The van der Waals surface area contributed by atoms with Crippen molar-refractivity contribution in [3.8, 4) is 0 Å². The topological polar surface area (TPSA) is 33.1 Å². The number of hydrogen-bond acceptors (Lipinski definition) is 3. The predicted octanol–water partition coefficient (Wildman–Crippen LogP) is 2.96. The van der Waals surface area contributed by atoms with Crippen LogP contribution in [-0.4, -0.2) is 40.9 Å². The number of rotatable bonds is 7. The molecule has 21 heavy (non-hydrogen) atoms. The van der Waals surface area contributed by atoms with Crippen molar-refractivity contribution in [1.82, 2.24) is 20.0 Å². The Morgan fingerprint density at radius 1 is 1.10 bits per heavy atom. The Hall–Kier alpha value is -0.870. The molecule has 0 atom stereocenters. The lowest BCUT2D eigenvalue weighted by molar-refractivity contribution is 0.326. The van der Waals surface area contributed by atoms with Crippen molar-refractivity contribution in [2.45, 2.75) is 64.0 Å². The molecule has 1 aliphatic carbocycles. The first-order valence-electron chi connectivity index (χ1n) is 8.89. The van der Waals surface area contributed by atoms with Gasteiger partial charge in [-0.3, -0.25) is 4.68 Å². The van der Waals surface area contributed by atoms with Crippen LogP contribution in [0.2, 0.25) is 0 Å². The molecule has 0 unspecified atom stereocenters. The second kappa shape index (κ2) is 7.95. The van der Waals surface area contributed by atoms with Crippen LogP contribution in [0.15, 0.2) is 12.3 Å². The van der Waals surface area contributed by atoms with Gasteiger partial charge in [-0.15, -0.1) is 0 Å². The fourth-order valence-corrected chi connectivity index (χ4v) is 3.67. The monoisotopic (exact) mass is 290 g/mol. The van der Waals surface area contributed by atoms with Crippen molar-refractivity contribution in [3.05, 3.63) is 18.0 Å². The van der Waals surface area contributed by atoms with Gasteiger partial charge < -0.3 is 10.2 Å². The largest absolute Gasteiger partial charge is 0.311 e. The Labute approximate surface area is 128 Å². The number of hydrogen-bond donors (Lipinski definition) is 1. The molecule has 0 amide bonds. The summed E-state index contributed by atoms with van der Waals surface area (Å²) in [6.07, 6.45) is 13.0. The molecule has 2 aliphatic rings. The van der Waals surface area contributed by atoms with E-state index in [1.807, 2.05) is 0 Å². The standard InChI is InChI=1S/C17H30N4/c1-2-7-17(8-3-1)21-14-9-16(19-21)15-18-10-6-13-20-11-4-5-12-20/h9,14,17-18H,1-8,10-13,15H2. The van der Waals surface area contributed by atoms with Crippen LogP contribution in [0, 0.1) is 0 Å². The summed E-state index contributed by atoms with van der Waals surface area (Å²) in [7, 11) is 0. The molecule has 0 aromatic carbocycles. The smallest absolute Gasteiger partial charge is 0.0762 e. The maximum atomic E-state index is 4.75. The molecule has 4 heteroatoms. The van der Waals surface area contributed by atoms with E-state index in [9.17, 15) is 0 Å². The Bertz CT molecular complexity index is 403. The van der Waals surface area contributed by atoms with Gasteiger partial charge in [0.05, 0.1) is 11.7 Å². The van der Waals surface area contributed by atoms with Gasteiger partial charge >= 0.3 is 0 Å². The molecule has 0 radical (unpaired) electrons. The van der Waals surface area contributed by atoms with E-state index in [0.29, 0.717) is 6.04 Å². The number of nitrogens with one attached hydrogen (secondary N) is 1. The van der Waals surface area contributed by atoms with Crippen molar-refractivity contribution < 1.29 is 0 Å². The zero-order chi connectivity index (χ0) is 14.3.